The Morgan fingerprint density at radius 2 is 1.14 bits per heavy atom. The van der Waals surface area contributed by atoms with Crippen LogP contribution in [0, 0.1) is 6.92 Å². The minimum absolute atomic E-state index is 0.00448. The first-order valence-corrected chi connectivity index (χ1v) is 15.8. The van der Waals surface area contributed by atoms with Gasteiger partial charge in [-0.25, -0.2) is 0 Å². The Labute approximate surface area is 264 Å². The topological polar surface area (TPSA) is 63.2 Å². The monoisotopic (exact) mass is 612 g/mol. The van der Waals surface area contributed by atoms with Crippen molar-refractivity contribution in [2.45, 2.75) is 67.9 Å². The lowest BCUT2D eigenvalue weighted by atomic mass is 9.95. The molecule has 0 radical (unpaired) electrons. The molecular formula is C37H40O6S. The average molecular weight is 613 g/mol. The molecule has 1 saturated heterocycles. The van der Waals surface area contributed by atoms with Crippen molar-refractivity contribution in [1.82, 2.24) is 0 Å². The van der Waals surface area contributed by atoms with Crippen LogP contribution in [0.1, 0.15) is 28.7 Å². The van der Waals surface area contributed by atoms with Crippen LogP contribution in [0.5, 0.6) is 0 Å². The third-order valence-corrected chi connectivity index (χ3v) is 8.61. The van der Waals surface area contributed by atoms with Crippen molar-refractivity contribution in [1.29, 1.82) is 0 Å². The fourth-order valence-corrected chi connectivity index (χ4v) is 6.33. The zero-order chi connectivity index (χ0) is 30.6. The van der Waals surface area contributed by atoms with E-state index in [1.807, 2.05) is 91.0 Å². The van der Waals surface area contributed by atoms with Gasteiger partial charge in [-0.05, 0) is 35.7 Å². The van der Waals surface area contributed by atoms with E-state index in [4.69, 9.17) is 23.7 Å². The predicted molar refractivity (Wildman–Crippen MR) is 172 cm³/mol. The van der Waals surface area contributed by atoms with Gasteiger partial charge in [0.15, 0.2) is 5.78 Å². The number of ether oxygens (including phenoxy) is 5. The molecule has 0 bridgehead atoms. The zero-order valence-corrected chi connectivity index (χ0v) is 26.1. The van der Waals surface area contributed by atoms with Gasteiger partial charge >= 0.3 is 0 Å². The summed E-state index contributed by atoms with van der Waals surface area (Å²) in [6.45, 7) is 3.16. The number of benzene rings is 4. The molecule has 1 aliphatic rings. The Balaban J connectivity index is 1.49. The summed E-state index contributed by atoms with van der Waals surface area (Å²) in [6, 6.07) is 38.5. The van der Waals surface area contributed by atoms with Crippen molar-refractivity contribution in [3.05, 3.63) is 138 Å². The number of ketones is 1. The molecule has 0 aliphatic carbocycles. The van der Waals surface area contributed by atoms with Gasteiger partial charge in [0.25, 0.3) is 0 Å². The lowest BCUT2D eigenvalue weighted by molar-refractivity contribution is -0.246. The summed E-state index contributed by atoms with van der Waals surface area (Å²) in [7, 11) is 1.53. The van der Waals surface area contributed by atoms with Gasteiger partial charge in [-0.3, -0.25) is 4.79 Å². The van der Waals surface area contributed by atoms with Crippen molar-refractivity contribution in [3.63, 3.8) is 0 Å². The fourth-order valence-electron chi connectivity index (χ4n) is 5.20. The maximum atomic E-state index is 13.0. The van der Waals surface area contributed by atoms with Crippen LogP contribution in [0.15, 0.2) is 120 Å². The highest BCUT2D eigenvalue weighted by molar-refractivity contribution is 7.99. The first-order valence-electron chi connectivity index (χ1n) is 14.9. The van der Waals surface area contributed by atoms with Crippen LogP contribution in [0.4, 0.5) is 0 Å². The summed E-state index contributed by atoms with van der Waals surface area (Å²) in [5.74, 6) is -0.0599. The van der Waals surface area contributed by atoms with Crippen LogP contribution in [-0.2, 0) is 48.3 Å². The smallest absolute Gasteiger partial charge is 0.161 e. The highest BCUT2D eigenvalue weighted by atomic mass is 32.2. The van der Waals surface area contributed by atoms with Crippen LogP contribution >= 0.6 is 11.8 Å². The van der Waals surface area contributed by atoms with E-state index in [1.165, 1.54) is 12.7 Å². The van der Waals surface area contributed by atoms with E-state index in [1.54, 1.807) is 11.8 Å². The van der Waals surface area contributed by atoms with Crippen molar-refractivity contribution in [2.24, 2.45) is 0 Å². The Bertz CT molecular complexity index is 1400. The SMILES string of the molecule is COCC(=O)C[C@H]1O[C@@H](Sc2ccc(C)cc2)[C@H](OCc2ccccc2)[C@@H](OCc2ccccc2)[C@@H]1OCc1ccccc1. The summed E-state index contributed by atoms with van der Waals surface area (Å²) >= 11 is 1.58. The molecule has 44 heavy (non-hydrogen) atoms. The van der Waals surface area contributed by atoms with Crippen molar-refractivity contribution in [2.75, 3.05) is 13.7 Å². The number of thioether (sulfide) groups is 1. The van der Waals surface area contributed by atoms with Gasteiger partial charge in [-0.1, -0.05) is 120 Å². The Kier molecular flexibility index (Phi) is 12.2. The van der Waals surface area contributed by atoms with Gasteiger partial charge in [0, 0.05) is 18.4 Å². The quantitative estimate of drug-likeness (QED) is 0.141. The number of Topliss-reactive ketones (excluding diaryl/α,β-unsaturated/α-hetero) is 1. The maximum Gasteiger partial charge on any atom is 0.161 e. The molecule has 6 nitrogen and oxygen atoms in total. The molecule has 1 aliphatic heterocycles. The highest BCUT2D eigenvalue weighted by Crippen LogP contribution is 2.39. The number of hydrogen-bond acceptors (Lipinski definition) is 7. The maximum absolute atomic E-state index is 13.0. The first-order chi connectivity index (χ1) is 21.6. The second kappa shape index (κ2) is 16.7. The van der Waals surface area contributed by atoms with Crippen molar-refractivity contribution < 1.29 is 28.5 Å². The highest BCUT2D eigenvalue weighted by Gasteiger charge is 2.49. The van der Waals surface area contributed by atoms with Crippen molar-refractivity contribution in [3.8, 4) is 0 Å². The van der Waals surface area contributed by atoms with E-state index in [0.717, 1.165) is 21.6 Å². The van der Waals surface area contributed by atoms with E-state index in [0.29, 0.717) is 19.8 Å². The molecule has 4 aromatic rings. The van der Waals surface area contributed by atoms with Gasteiger partial charge in [-0.15, -0.1) is 0 Å². The first kappa shape index (κ1) is 32.1. The summed E-state index contributed by atoms with van der Waals surface area (Å²) in [5, 5.41) is 0. The molecular weight excluding hydrogens is 572 g/mol. The average Bonchev–Trinajstić information content (AvgIpc) is 3.05. The lowest BCUT2D eigenvalue weighted by Gasteiger charge is -2.46. The Hall–Kier alpha value is -3.30. The summed E-state index contributed by atoms with van der Waals surface area (Å²) < 4.78 is 32.0. The fraction of sp³-hybridized carbons (Fsp3) is 0.324. The molecule has 0 aromatic heterocycles. The minimum Gasteiger partial charge on any atom is -0.377 e. The molecule has 230 valence electrons. The standard InChI is InChI=1S/C37H40O6S/c1-27-18-20-32(21-19-27)44-37-36(42-25-30-16-10-5-11-17-30)35(41-24-29-14-8-4-9-15-29)34(33(43-37)22-31(38)26-39-2)40-23-28-12-6-3-7-13-28/h3-21,33-37H,22-26H2,1-2H3/t33-,34-,35+,36-,37+/m1/s1. The molecule has 0 spiro atoms. The molecule has 0 amide bonds. The molecule has 1 fully saturated rings. The van der Waals surface area contributed by atoms with E-state index in [9.17, 15) is 4.79 Å². The molecule has 5 atom stereocenters. The Morgan fingerprint density at radius 1 is 0.659 bits per heavy atom. The van der Waals surface area contributed by atoms with Gasteiger partial charge in [-0.2, -0.15) is 0 Å². The summed E-state index contributed by atoms with van der Waals surface area (Å²) in [6.07, 6.45) is -2.04. The second-order valence-electron chi connectivity index (χ2n) is 10.9. The third kappa shape index (κ3) is 9.35. The number of methoxy groups -OCH3 is 1. The second-order valence-corrected chi connectivity index (χ2v) is 12.1. The number of aryl methyl sites for hydroxylation is 1. The minimum atomic E-state index is -0.574. The Morgan fingerprint density at radius 3 is 1.64 bits per heavy atom. The van der Waals surface area contributed by atoms with E-state index in [2.05, 4.69) is 31.2 Å². The molecule has 5 rings (SSSR count). The van der Waals surface area contributed by atoms with Crippen molar-refractivity contribution >= 4 is 17.5 Å². The molecule has 4 aromatic carbocycles. The molecule has 0 N–H and O–H groups in total. The molecule has 0 unspecified atom stereocenters. The predicted octanol–water partition coefficient (Wildman–Crippen LogP) is 7.17. The van der Waals surface area contributed by atoms with Crippen LogP contribution in [-0.4, -0.2) is 49.4 Å². The summed E-state index contributed by atoms with van der Waals surface area (Å²) in [4.78, 5) is 14.0. The van der Waals surface area contributed by atoms with E-state index < -0.39 is 29.9 Å². The van der Waals surface area contributed by atoms with Gasteiger partial charge in [0.05, 0.1) is 25.9 Å². The van der Waals surface area contributed by atoms with E-state index >= 15 is 0 Å². The largest absolute Gasteiger partial charge is 0.377 e. The van der Waals surface area contributed by atoms with Crippen LogP contribution in [0.2, 0.25) is 0 Å². The normalized spacial score (nSPS) is 21.6. The zero-order valence-electron chi connectivity index (χ0n) is 25.2. The van der Waals surface area contributed by atoms with Crippen LogP contribution in [0.25, 0.3) is 0 Å². The van der Waals surface area contributed by atoms with E-state index in [-0.39, 0.29) is 18.8 Å². The molecule has 1 heterocycles. The number of hydrogen-bond donors (Lipinski definition) is 0. The van der Waals surface area contributed by atoms with Crippen LogP contribution in [0.3, 0.4) is 0 Å². The number of carbonyl (C=O) groups excluding carboxylic acids is 1. The van der Waals surface area contributed by atoms with Gasteiger partial charge in [0.2, 0.25) is 0 Å². The number of carbonyl (C=O) groups is 1. The van der Waals surface area contributed by atoms with Crippen LogP contribution < -0.4 is 0 Å². The van der Waals surface area contributed by atoms with Gasteiger partial charge in [0.1, 0.15) is 30.4 Å². The number of rotatable bonds is 15. The molecule has 0 saturated carbocycles. The lowest BCUT2D eigenvalue weighted by Crippen LogP contribution is -2.59. The third-order valence-electron chi connectivity index (χ3n) is 7.45. The summed E-state index contributed by atoms with van der Waals surface area (Å²) in [5.41, 5.74) is 3.83. The molecule has 7 heteroatoms. The van der Waals surface area contributed by atoms with Gasteiger partial charge < -0.3 is 23.7 Å².